The number of carbonyl (C=O) groups is 1. The van der Waals surface area contributed by atoms with Crippen molar-refractivity contribution in [3.05, 3.63) is 29.7 Å². The Kier molecular flexibility index (Phi) is 3.40. The summed E-state index contributed by atoms with van der Waals surface area (Å²) >= 11 is 0. The molecule has 0 N–H and O–H groups in total. The lowest BCUT2D eigenvalue weighted by atomic mass is 10.2. The number of pyridine rings is 1. The molecule has 8 heteroatoms. The molecule has 1 aliphatic rings. The Morgan fingerprint density at radius 1 is 1.43 bits per heavy atom. The molecule has 1 saturated heterocycles. The second-order valence-corrected chi connectivity index (χ2v) is 7.33. The van der Waals surface area contributed by atoms with Gasteiger partial charge in [0.05, 0.1) is 18.4 Å². The molecule has 21 heavy (non-hydrogen) atoms. The summed E-state index contributed by atoms with van der Waals surface area (Å²) in [4.78, 5) is 15.8. The van der Waals surface area contributed by atoms with Gasteiger partial charge in [0, 0.05) is 6.20 Å². The number of aromatic nitrogens is 3. The summed E-state index contributed by atoms with van der Waals surface area (Å²) in [5, 5.41) is 3.59. The summed E-state index contributed by atoms with van der Waals surface area (Å²) in [5.41, 5.74) is 0.795. The van der Waals surface area contributed by atoms with Gasteiger partial charge in [0.15, 0.2) is 21.3 Å². The molecule has 0 aromatic carbocycles. The van der Waals surface area contributed by atoms with Crippen molar-refractivity contribution in [2.24, 2.45) is 0 Å². The monoisotopic (exact) mass is 309 g/mol. The Morgan fingerprint density at radius 3 is 2.95 bits per heavy atom. The van der Waals surface area contributed by atoms with Gasteiger partial charge in [0.25, 0.3) is 0 Å². The number of fused-ring (bicyclic) bond motifs is 1. The van der Waals surface area contributed by atoms with Gasteiger partial charge in [-0.1, -0.05) is 6.42 Å². The third kappa shape index (κ3) is 2.51. The van der Waals surface area contributed by atoms with Gasteiger partial charge in [0.1, 0.15) is 5.25 Å². The molecule has 0 bridgehead atoms. The predicted octanol–water partition coefficient (Wildman–Crippen LogP) is 1.16. The second-order valence-electron chi connectivity index (χ2n) is 5.03. The second kappa shape index (κ2) is 5.10. The predicted molar refractivity (Wildman–Crippen MR) is 74.7 cm³/mol. The third-order valence-electron chi connectivity index (χ3n) is 3.64. The van der Waals surface area contributed by atoms with Crippen LogP contribution in [0.15, 0.2) is 18.3 Å². The Morgan fingerprint density at radius 2 is 2.24 bits per heavy atom. The standard InChI is InChI=1S/C13H15N3O4S/c1-20-13(17)9-5-6-16-11(8-9)14-12(15-16)10-4-2-3-7-21(10,18)19/h5-6,8,10H,2-4,7H2,1H3. The maximum absolute atomic E-state index is 12.1. The van der Waals surface area contributed by atoms with Crippen molar-refractivity contribution in [1.82, 2.24) is 14.6 Å². The molecule has 1 fully saturated rings. The van der Waals surface area contributed by atoms with E-state index in [2.05, 4.69) is 14.8 Å². The molecule has 0 aliphatic carbocycles. The lowest BCUT2D eigenvalue weighted by Crippen LogP contribution is -2.22. The highest BCUT2D eigenvalue weighted by Gasteiger charge is 2.33. The molecule has 1 unspecified atom stereocenters. The van der Waals surface area contributed by atoms with E-state index in [1.165, 1.54) is 17.7 Å². The summed E-state index contributed by atoms with van der Waals surface area (Å²) in [6.07, 6.45) is 3.67. The van der Waals surface area contributed by atoms with Crippen LogP contribution in [0.25, 0.3) is 5.65 Å². The van der Waals surface area contributed by atoms with Crippen LogP contribution < -0.4 is 0 Å². The summed E-state index contributed by atoms with van der Waals surface area (Å²) in [6, 6.07) is 3.10. The highest BCUT2D eigenvalue weighted by molar-refractivity contribution is 7.91. The number of esters is 1. The number of hydrogen-bond donors (Lipinski definition) is 0. The molecule has 7 nitrogen and oxygen atoms in total. The summed E-state index contributed by atoms with van der Waals surface area (Å²) in [6.45, 7) is 0. The van der Waals surface area contributed by atoms with E-state index >= 15 is 0 Å². The fourth-order valence-electron chi connectivity index (χ4n) is 2.52. The van der Waals surface area contributed by atoms with E-state index in [9.17, 15) is 13.2 Å². The van der Waals surface area contributed by atoms with Gasteiger partial charge in [-0.25, -0.2) is 22.7 Å². The average Bonchev–Trinajstić information content (AvgIpc) is 2.88. The third-order valence-corrected chi connectivity index (χ3v) is 5.81. The van der Waals surface area contributed by atoms with Crippen molar-refractivity contribution < 1.29 is 17.9 Å². The van der Waals surface area contributed by atoms with Crippen LogP contribution in [-0.2, 0) is 14.6 Å². The van der Waals surface area contributed by atoms with Crippen molar-refractivity contribution in [2.75, 3.05) is 12.9 Å². The van der Waals surface area contributed by atoms with Crippen molar-refractivity contribution in [3.63, 3.8) is 0 Å². The average molecular weight is 309 g/mol. The first-order valence-corrected chi connectivity index (χ1v) is 8.39. The molecule has 0 radical (unpaired) electrons. The number of rotatable bonds is 2. The van der Waals surface area contributed by atoms with E-state index in [4.69, 9.17) is 0 Å². The van der Waals surface area contributed by atoms with E-state index in [1.54, 1.807) is 12.3 Å². The summed E-state index contributed by atoms with van der Waals surface area (Å²) in [5.74, 6) is 0.0183. The topological polar surface area (TPSA) is 90.6 Å². The van der Waals surface area contributed by atoms with Gasteiger partial charge in [0.2, 0.25) is 0 Å². The molecule has 112 valence electrons. The highest BCUT2D eigenvalue weighted by Crippen LogP contribution is 2.31. The Bertz CT molecular complexity index is 797. The molecule has 2 aromatic heterocycles. The quantitative estimate of drug-likeness (QED) is 0.773. The van der Waals surface area contributed by atoms with Crippen molar-refractivity contribution >= 4 is 21.5 Å². The first kappa shape index (κ1) is 14.0. The maximum Gasteiger partial charge on any atom is 0.338 e. The van der Waals surface area contributed by atoms with E-state index in [0.29, 0.717) is 29.9 Å². The Labute approximate surface area is 121 Å². The Balaban J connectivity index is 2.03. The number of ether oxygens (including phenoxy) is 1. The van der Waals surface area contributed by atoms with Gasteiger partial charge < -0.3 is 4.74 Å². The molecular weight excluding hydrogens is 294 g/mol. The van der Waals surface area contributed by atoms with E-state index < -0.39 is 21.1 Å². The summed E-state index contributed by atoms with van der Waals surface area (Å²) in [7, 11) is -1.88. The van der Waals surface area contributed by atoms with Crippen molar-refractivity contribution in [2.45, 2.75) is 24.5 Å². The van der Waals surface area contributed by atoms with Crippen LogP contribution in [0.3, 0.4) is 0 Å². The van der Waals surface area contributed by atoms with Crippen LogP contribution in [0.1, 0.15) is 40.7 Å². The van der Waals surface area contributed by atoms with Gasteiger partial charge >= 0.3 is 5.97 Å². The zero-order valence-electron chi connectivity index (χ0n) is 11.5. The lowest BCUT2D eigenvalue weighted by molar-refractivity contribution is 0.0600. The maximum atomic E-state index is 12.1. The van der Waals surface area contributed by atoms with Gasteiger partial charge in [-0.05, 0) is 25.0 Å². The number of sulfone groups is 1. The normalized spacial score (nSPS) is 21.3. The van der Waals surface area contributed by atoms with Crippen LogP contribution in [0.5, 0.6) is 0 Å². The van der Waals surface area contributed by atoms with Crippen molar-refractivity contribution in [3.8, 4) is 0 Å². The van der Waals surface area contributed by atoms with Crippen LogP contribution in [-0.4, -0.2) is 41.8 Å². The van der Waals surface area contributed by atoms with E-state index in [1.807, 2.05) is 0 Å². The first-order valence-electron chi connectivity index (χ1n) is 6.67. The molecule has 0 saturated carbocycles. The molecular formula is C13H15N3O4S. The van der Waals surface area contributed by atoms with Gasteiger partial charge in [-0.2, -0.15) is 0 Å². The fraction of sp³-hybridized carbons (Fsp3) is 0.462. The molecule has 1 aliphatic heterocycles. The minimum Gasteiger partial charge on any atom is -0.465 e. The fourth-order valence-corrected chi connectivity index (χ4v) is 4.36. The molecule has 2 aromatic rings. The van der Waals surface area contributed by atoms with Gasteiger partial charge in [-0.15, -0.1) is 5.10 Å². The number of carbonyl (C=O) groups excluding carboxylic acids is 1. The zero-order chi connectivity index (χ0) is 15.0. The molecule has 3 rings (SSSR count). The largest absolute Gasteiger partial charge is 0.465 e. The Hall–Kier alpha value is -1.96. The van der Waals surface area contributed by atoms with Crippen molar-refractivity contribution in [1.29, 1.82) is 0 Å². The van der Waals surface area contributed by atoms with Crippen LogP contribution in [0.4, 0.5) is 0 Å². The van der Waals surface area contributed by atoms with E-state index in [0.717, 1.165) is 6.42 Å². The minimum absolute atomic E-state index is 0.181. The molecule has 1 atom stereocenters. The SMILES string of the molecule is COC(=O)c1ccn2nc(C3CCCCS3(=O)=O)nc2c1. The smallest absolute Gasteiger partial charge is 0.338 e. The molecule has 3 heterocycles. The molecule has 0 spiro atoms. The number of methoxy groups -OCH3 is 1. The number of nitrogens with zero attached hydrogens (tertiary/aromatic N) is 3. The lowest BCUT2D eigenvalue weighted by Gasteiger charge is -2.19. The highest BCUT2D eigenvalue weighted by atomic mass is 32.2. The zero-order valence-corrected chi connectivity index (χ0v) is 12.3. The van der Waals surface area contributed by atoms with Crippen LogP contribution >= 0.6 is 0 Å². The minimum atomic E-state index is -3.19. The first-order chi connectivity index (χ1) is 10.0. The summed E-state index contributed by atoms with van der Waals surface area (Å²) < 4.78 is 30.4. The molecule has 0 amide bonds. The van der Waals surface area contributed by atoms with E-state index in [-0.39, 0.29) is 5.75 Å². The van der Waals surface area contributed by atoms with Gasteiger partial charge in [-0.3, -0.25) is 0 Å². The number of hydrogen-bond acceptors (Lipinski definition) is 6. The van der Waals surface area contributed by atoms with Crippen LogP contribution in [0, 0.1) is 0 Å². The van der Waals surface area contributed by atoms with Crippen LogP contribution in [0.2, 0.25) is 0 Å².